The number of pyridine rings is 1. The van der Waals surface area contributed by atoms with Gasteiger partial charge in [-0.3, -0.25) is 15.0 Å². The lowest BCUT2D eigenvalue weighted by Gasteiger charge is -2.13. The molecule has 124 valence electrons. The van der Waals surface area contributed by atoms with E-state index in [1.807, 2.05) is 24.5 Å². The van der Waals surface area contributed by atoms with Crippen LogP contribution in [0.2, 0.25) is 0 Å². The molecule has 0 unspecified atom stereocenters. The highest BCUT2D eigenvalue weighted by Gasteiger charge is 2.24. The van der Waals surface area contributed by atoms with E-state index in [2.05, 4.69) is 44.3 Å². The number of benzene rings is 1. The topological polar surface area (TPSA) is 57.7 Å². The van der Waals surface area contributed by atoms with Crippen LogP contribution in [0.5, 0.6) is 0 Å². The monoisotopic (exact) mass is 347 g/mol. The Bertz CT molecular complexity index is 988. The number of thiazole rings is 1. The first-order chi connectivity index (χ1) is 12.4. The van der Waals surface area contributed by atoms with Gasteiger partial charge in [0.15, 0.2) is 0 Å². The van der Waals surface area contributed by atoms with Gasteiger partial charge in [0.1, 0.15) is 0 Å². The zero-order chi connectivity index (χ0) is 16.6. The molecule has 1 aromatic carbocycles. The molecule has 0 bridgehead atoms. The van der Waals surface area contributed by atoms with Crippen LogP contribution in [0.1, 0.15) is 16.3 Å². The van der Waals surface area contributed by atoms with Gasteiger partial charge in [0.05, 0.1) is 26.6 Å². The van der Waals surface area contributed by atoms with Crippen LogP contribution in [-0.2, 0) is 19.5 Å². The largest absolute Gasteiger partial charge is 0.293 e. The quantitative estimate of drug-likeness (QED) is 0.612. The molecule has 6 heteroatoms. The van der Waals surface area contributed by atoms with Crippen molar-refractivity contribution in [3.63, 3.8) is 0 Å². The fraction of sp³-hybridized carbons (Fsp3) is 0.211. The SMILES string of the molecule is c1ccc2sc(CCN3Cc4nccc(-c5cc[nH]n5)c4C3)nc2c1. The van der Waals surface area contributed by atoms with Gasteiger partial charge >= 0.3 is 0 Å². The molecular weight excluding hydrogens is 330 g/mol. The molecule has 1 aliphatic heterocycles. The molecule has 1 aliphatic rings. The second kappa shape index (κ2) is 6.06. The van der Waals surface area contributed by atoms with Crippen LogP contribution in [0, 0.1) is 0 Å². The van der Waals surface area contributed by atoms with Crippen molar-refractivity contribution in [3.05, 3.63) is 65.1 Å². The summed E-state index contributed by atoms with van der Waals surface area (Å²) in [5.41, 5.74) is 5.76. The molecule has 1 N–H and O–H groups in total. The van der Waals surface area contributed by atoms with Crippen molar-refractivity contribution in [1.82, 2.24) is 25.1 Å². The van der Waals surface area contributed by atoms with E-state index in [9.17, 15) is 0 Å². The van der Waals surface area contributed by atoms with Gasteiger partial charge in [0, 0.05) is 44.0 Å². The van der Waals surface area contributed by atoms with Gasteiger partial charge in [-0.2, -0.15) is 5.10 Å². The lowest BCUT2D eigenvalue weighted by atomic mass is 10.1. The number of aromatic nitrogens is 4. The first-order valence-corrected chi connectivity index (χ1v) is 9.22. The van der Waals surface area contributed by atoms with Crippen molar-refractivity contribution in [2.24, 2.45) is 0 Å². The summed E-state index contributed by atoms with van der Waals surface area (Å²) >= 11 is 1.80. The van der Waals surface area contributed by atoms with Crippen molar-refractivity contribution in [2.75, 3.05) is 6.54 Å². The highest BCUT2D eigenvalue weighted by molar-refractivity contribution is 7.18. The van der Waals surface area contributed by atoms with Gasteiger partial charge in [-0.05, 0) is 29.8 Å². The van der Waals surface area contributed by atoms with E-state index in [0.717, 1.165) is 37.3 Å². The van der Waals surface area contributed by atoms with Crippen LogP contribution in [0.4, 0.5) is 0 Å². The maximum atomic E-state index is 4.74. The molecule has 4 heterocycles. The minimum atomic E-state index is 0.901. The van der Waals surface area contributed by atoms with Crippen molar-refractivity contribution < 1.29 is 0 Å². The number of para-hydroxylation sites is 1. The number of fused-ring (bicyclic) bond motifs is 2. The standard InChI is InChI=1S/C19H17N5S/c1-2-4-18-16(3-1)22-19(25-18)7-10-24-11-14-13(15-6-9-21-23-15)5-8-20-17(14)12-24/h1-6,8-9H,7,10-12H2,(H,21,23). The van der Waals surface area contributed by atoms with Crippen LogP contribution >= 0.6 is 11.3 Å². The van der Waals surface area contributed by atoms with Crippen LogP contribution in [0.15, 0.2) is 48.8 Å². The highest BCUT2D eigenvalue weighted by atomic mass is 32.1. The highest BCUT2D eigenvalue weighted by Crippen LogP contribution is 2.30. The Labute approximate surface area is 149 Å². The van der Waals surface area contributed by atoms with Crippen molar-refractivity contribution >= 4 is 21.6 Å². The lowest BCUT2D eigenvalue weighted by Crippen LogP contribution is -2.19. The Kier molecular flexibility index (Phi) is 3.57. The maximum Gasteiger partial charge on any atom is 0.0951 e. The van der Waals surface area contributed by atoms with Gasteiger partial charge in [-0.1, -0.05) is 12.1 Å². The smallest absolute Gasteiger partial charge is 0.0951 e. The fourth-order valence-corrected chi connectivity index (χ4v) is 4.38. The molecule has 0 saturated heterocycles. The Hall–Kier alpha value is -2.57. The van der Waals surface area contributed by atoms with Gasteiger partial charge in [-0.15, -0.1) is 11.3 Å². The summed E-state index contributed by atoms with van der Waals surface area (Å²) in [5.74, 6) is 0. The molecule has 5 rings (SSSR count). The fourth-order valence-electron chi connectivity index (χ4n) is 3.43. The molecule has 3 aromatic heterocycles. The molecule has 0 atom stereocenters. The van der Waals surface area contributed by atoms with Crippen LogP contribution in [-0.4, -0.2) is 31.6 Å². The van der Waals surface area contributed by atoms with E-state index in [1.54, 1.807) is 11.3 Å². The minimum absolute atomic E-state index is 0.901. The predicted molar refractivity (Wildman–Crippen MR) is 99.3 cm³/mol. The van der Waals surface area contributed by atoms with E-state index in [1.165, 1.54) is 26.5 Å². The first-order valence-electron chi connectivity index (χ1n) is 8.40. The van der Waals surface area contributed by atoms with Gasteiger partial charge in [0.25, 0.3) is 0 Å². The number of nitrogens with zero attached hydrogens (tertiary/aromatic N) is 4. The normalized spacial score (nSPS) is 14.2. The third kappa shape index (κ3) is 2.73. The summed E-state index contributed by atoms with van der Waals surface area (Å²) in [7, 11) is 0. The van der Waals surface area contributed by atoms with E-state index >= 15 is 0 Å². The number of nitrogens with one attached hydrogen (secondary N) is 1. The van der Waals surface area contributed by atoms with E-state index in [-0.39, 0.29) is 0 Å². The second-order valence-electron chi connectivity index (χ2n) is 6.28. The third-order valence-electron chi connectivity index (χ3n) is 4.66. The average molecular weight is 347 g/mol. The first kappa shape index (κ1) is 14.7. The zero-order valence-electron chi connectivity index (χ0n) is 13.6. The summed E-state index contributed by atoms with van der Waals surface area (Å²) in [5, 5.41) is 8.43. The summed E-state index contributed by atoms with van der Waals surface area (Å²) in [6.45, 7) is 2.82. The molecule has 0 aliphatic carbocycles. The summed E-state index contributed by atoms with van der Waals surface area (Å²) in [4.78, 5) is 11.8. The van der Waals surface area contributed by atoms with Crippen LogP contribution < -0.4 is 0 Å². The zero-order valence-corrected chi connectivity index (χ0v) is 14.5. The van der Waals surface area contributed by atoms with Gasteiger partial charge in [0.2, 0.25) is 0 Å². The van der Waals surface area contributed by atoms with Crippen molar-refractivity contribution in [2.45, 2.75) is 19.5 Å². The van der Waals surface area contributed by atoms with Crippen LogP contribution in [0.25, 0.3) is 21.5 Å². The second-order valence-corrected chi connectivity index (χ2v) is 7.39. The van der Waals surface area contributed by atoms with E-state index in [4.69, 9.17) is 4.98 Å². The summed E-state index contributed by atoms with van der Waals surface area (Å²) < 4.78 is 1.27. The third-order valence-corrected chi connectivity index (χ3v) is 5.75. The van der Waals surface area contributed by atoms with E-state index < -0.39 is 0 Å². The van der Waals surface area contributed by atoms with E-state index in [0.29, 0.717) is 0 Å². The number of aromatic amines is 1. The number of hydrogen-bond donors (Lipinski definition) is 1. The van der Waals surface area contributed by atoms with Crippen molar-refractivity contribution in [3.8, 4) is 11.3 Å². The Morgan fingerprint density at radius 1 is 1.12 bits per heavy atom. The summed E-state index contributed by atoms with van der Waals surface area (Å²) in [6.07, 6.45) is 4.73. The minimum Gasteiger partial charge on any atom is -0.293 e. The Balaban J connectivity index is 1.32. The number of hydrogen-bond acceptors (Lipinski definition) is 5. The average Bonchev–Trinajstić information content (AvgIpc) is 3.37. The molecular formula is C19H17N5S. The molecule has 0 saturated carbocycles. The summed E-state index contributed by atoms with van der Waals surface area (Å²) in [6, 6.07) is 12.4. The predicted octanol–water partition coefficient (Wildman–Crippen LogP) is 3.64. The molecule has 0 radical (unpaired) electrons. The molecule has 0 amide bonds. The molecule has 0 fully saturated rings. The maximum absolute atomic E-state index is 4.74. The molecule has 25 heavy (non-hydrogen) atoms. The van der Waals surface area contributed by atoms with Gasteiger partial charge in [-0.25, -0.2) is 4.98 Å². The lowest BCUT2D eigenvalue weighted by molar-refractivity contribution is 0.286. The molecule has 0 spiro atoms. The van der Waals surface area contributed by atoms with Crippen molar-refractivity contribution in [1.29, 1.82) is 0 Å². The Morgan fingerprint density at radius 2 is 2.08 bits per heavy atom. The molecule has 4 aromatic rings. The van der Waals surface area contributed by atoms with Gasteiger partial charge < -0.3 is 0 Å². The Morgan fingerprint density at radius 3 is 2.96 bits per heavy atom. The number of rotatable bonds is 4. The van der Waals surface area contributed by atoms with Crippen LogP contribution in [0.3, 0.4) is 0 Å². The number of H-pyrrole nitrogens is 1. The molecule has 5 nitrogen and oxygen atoms in total.